The van der Waals surface area contributed by atoms with Crippen LogP contribution < -0.4 is 10.5 Å². The van der Waals surface area contributed by atoms with Gasteiger partial charge in [-0.2, -0.15) is 0 Å². The molecule has 1 aliphatic rings. The van der Waals surface area contributed by atoms with Gasteiger partial charge in [-0.3, -0.25) is 0 Å². The molecule has 106 valence electrons. The first-order valence-electron chi connectivity index (χ1n) is 6.70. The van der Waals surface area contributed by atoms with Gasteiger partial charge in [-0.15, -0.1) is 0 Å². The van der Waals surface area contributed by atoms with Crippen molar-refractivity contribution in [2.75, 3.05) is 5.73 Å². The summed E-state index contributed by atoms with van der Waals surface area (Å²) in [6.07, 6.45) is 3.09. The third kappa shape index (κ3) is 2.92. The highest BCUT2D eigenvalue weighted by atomic mass is 32.2. The van der Waals surface area contributed by atoms with Crippen LogP contribution in [0.4, 0.5) is 5.69 Å². The Morgan fingerprint density at radius 1 is 1.26 bits per heavy atom. The van der Waals surface area contributed by atoms with Crippen molar-refractivity contribution in [2.24, 2.45) is 5.92 Å². The summed E-state index contributed by atoms with van der Waals surface area (Å²) in [4.78, 5) is 0.309. The molecule has 1 fully saturated rings. The first-order valence-corrected chi connectivity index (χ1v) is 8.18. The highest BCUT2D eigenvalue weighted by molar-refractivity contribution is 7.89. The van der Waals surface area contributed by atoms with Gasteiger partial charge in [0.2, 0.25) is 10.0 Å². The van der Waals surface area contributed by atoms with Gasteiger partial charge in [0.25, 0.3) is 0 Å². The Labute approximate surface area is 115 Å². The van der Waals surface area contributed by atoms with E-state index in [1.807, 2.05) is 6.92 Å². The van der Waals surface area contributed by atoms with Crippen LogP contribution in [0.3, 0.4) is 0 Å². The number of benzene rings is 1. The van der Waals surface area contributed by atoms with Crippen LogP contribution in [0.1, 0.15) is 37.3 Å². The molecule has 2 unspecified atom stereocenters. The fraction of sp³-hybridized carbons (Fsp3) is 0.571. The van der Waals surface area contributed by atoms with E-state index in [1.165, 1.54) is 0 Å². The van der Waals surface area contributed by atoms with E-state index in [2.05, 4.69) is 11.6 Å². The molecule has 1 saturated carbocycles. The highest BCUT2D eigenvalue weighted by Gasteiger charge is 2.29. The molecule has 0 spiro atoms. The molecule has 0 aliphatic heterocycles. The topological polar surface area (TPSA) is 72.2 Å². The molecule has 19 heavy (non-hydrogen) atoms. The number of hydrogen-bond donors (Lipinski definition) is 2. The molecule has 0 amide bonds. The molecule has 3 N–H and O–H groups in total. The van der Waals surface area contributed by atoms with Crippen LogP contribution in [0.15, 0.2) is 17.0 Å². The second-order valence-electron chi connectivity index (χ2n) is 5.61. The van der Waals surface area contributed by atoms with E-state index >= 15 is 0 Å². The lowest BCUT2D eigenvalue weighted by Crippen LogP contribution is -2.36. The van der Waals surface area contributed by atoms with Crippen molar-refractivity contribution in [3.63, 3.8) is 0 Å². The van der Waals surface area contributed by atoms with Crippen LogP contribution >= 0.6 is 0 Å². The monoisotopic (exact) mass is 282 g/mol. The number of anilines is 1. The lowest BCUT2D eigenvalue weighted by molar-refractivity contribution is 0.476. The maximum Gasteiger partial charge on any atom is 0.241 e. The predicted molar refractivity (Wildman–Crippen MR) is 77.5 cm³/mol. The SMILES string of the molecule is Cc1cc(N)c(C)c(S(=O)(=O)NC2CCCC2C)c1. The number of hydrogen-bond acceptors (Lipinski definition) is 3. The zero-order chi connectivity index (χ0) is 14.2. The molecule has 0 heterocycles. The Hall–Kier alpha value is -1.07. The number of sulfonamides is 1. The summed E-state index contributed by atoms with van der Waals surface area (Å²) in [6.45, 7) is 5.70. The molecular weight excluding hydrogens is 260 g/mol. The Balaban J connectivity index is 2.34. The van der Waals surface area contributed by atoms with E-state index in [-0.39, 0.29) is 6.04 Å². The lowest BCUT2D eigenvalue weighted by Gasteiger charge is -2.19. The fourth-order valence-corrected chi connectivity index (χ4v) is 4.45. The van der Waals surface area contributed by atoms with Crippen LogP contribution in [-0.2, 0) is 10.0 Å². The largest absolute Gasteiger partial charge is 0.398 e. The van der Waals surface area contributed by atoms with Gasteiger partial charge < -0.3 is 5.73 Å². The summed E-state index contributed by atoms with van der Waals surface area (Å²) in [5, 5.41) is 0. The van der Waals surface area contributed by atoms with E-state index in [9.17, 15) is 8.42 Å². The summed E-state index contributed by atoms with van der Waals surface area (Å²) < 4.78 is 27.8. The van der Waals surface area contributed by atoms with Gasteiger partial charge in [0.1, 0.15) is 0 Å². The number of aryl methyl sites for hydroxylation is 1. The number of nitrogens with one attached hydrogen (secondary N) is 1. The van der Waals surface area contributed by atoms with E-state index in [1.54, 1.807) is 19.1 Å². The van der Waals surface area contributed by atoms with Gasteiger partial charge in [-0.05, 0) is 55.9 Å². The second-order valence-corrected chi connectivity index (χ2v) is 7.30. The van der Waals surface area contributed by atoms with Crippen LogP contribution in [0.25, 0.3) is 0 Å². The van der Waals surface area contributed by atoms with Gasteiger partial charge >= 0.3 is 0 Å². The first-order chi connectivity index (χ1) is 8.81. The summed E-state index contributed by atoms with van der Waals surface area (Å²) in [6, 6.07) is 3.53. The maximum atomic E-state index is 12.5. The van der Waals surface area contributed by atoms with Crippen LogP contribution in [-0.4, -0.2) is 14.5 Å². The van der Waals surface area contributed by atoms with Gasteiger partial charge in [0, 0.05) is 11.7 Å². The molecule has 1 aliphatic carbocycles. The van der Waals surface area contributed by atoms with E-state index in [4.69, 9.17) is 5.73 Å². The minimum Gasteiger partial charge on any atom is -0.398 e. The molecule has 4 nitrogen and oxygen atoms in total. The molecule has 0 aromatic heterocycles. The summed E-state index contributed by atoms with van der Waals surface area (Å²) in [5.41, 5.74) is 7.88. The molecule has 1 aromatic rings. The van der Waals surface area contributed by atoms with Gasteiger partial charge in [0.15, 0.2) is 0 Å². The predicted octanol–water partition coefficient (Wildman–Crippen LogP) is 2.35. The maximum absolute atomic E-state index is 12.5. The quantitative estimate of drug-likeness (QED) is 0.836. The minimum atomic E-state index is -3.48. The highest BCUT2D eigenvalue weighted by Crippen LogP contribution is 2.28. The second kappa shape index (κ2) is 5.13. The standard InChI is InChI=1S/C14H22N2O2S/c1-9-7-12(15)11(3)14(8-9)19(17,18)16-13-6-4-5-10(13)2/h7-8,10,13,16H,4-6,15H2,1-3H3. The van der Waals surface area contributed by atoms with Gasteiger partial charge in [0.05, 0.1) is 4.90 Å². The molecular formula is C14H22N2O2S. The Kier molecular flexibility index (Phi) is 3.87. The van der Waals surface area contributed by atoms with Crippen LogP contribution in [0.2, 0.25) is 0 Å². The zero-order valence-corrected chi connectivity index (χ0v) is 12.5. The van der Waals surface area contributed by atoms with Crippen molar-refractivity contribution in [2.45, 2.75) is 51.0 Å². The van der Waals surface area contributed by atoms with E-state index < -0.39 is 10.0 Å². The number of nitrogens with two attached hydrogens (primary N) is 1. The zero-order valence-electron chi connectivity index (χ0n) is 11.7. The molecule has 0 saturated heterocycles. The van der Waals surface area contributed by atoms with Crippen molar-refractivity contribution in [3.8, 4) is 0 Å². The molecule has 0 bridgehead atoms. The molecule has 1 aromatic carbocycles. The van der Waals surface area contributed by atoms with Crippen molar-refractivity contribution in [1.82, 2.24) is 4.72 Å². The number of rotatable bonds is 3. The van der Waals surface area contributed by atoms with Crippen LogP contribution in [0, 0.1) is 19.8 Å². The van der Waals surface area contributed by atoms with Crippen molar-refractivity contribution in [1.29, 1.82) is 0 Å². The molecule has 0 radical (unpaired) electrons. The smallest absolute Gasteiger partial charge is 0.241 e. The molecule has 2 rings (SSSR count). The van der Waals surface area contributed by atoms with Crippen molar-refractivity contribution in [3.05, 3.63) is 23.3 Å². The third-order valence-corrected chi connectivity index (χ3v) is 5.62. The summed E-state index contributed by atoms with van der Waals surface area (Å²) in [7, 11) is -3.48. The first kappa shape index (κ1) is 14.3. The summed E-state index contributed by atoms with van der Waals surface area (Å²) >= 11 is 0. The van der Waals surface area contributed by atoms with Gasteiger partial charge in [-0.1, -0.05) is 13.3 Å². The fourth-order valence-electron chi connectivity index (χ4n) is 2.71. The Morgan fingerprint density at radius 2 is 1.95 bits per heavy atom. The average Bonchev–Trinajstić information content (AvgIpc) is 2.69. The Morgan fingerprint density at radius 3 is 2.53 bits per heavy atom. The van der Waals surface area contributed by atoms with Crippen molar-refractivity contribution >= 4 is 15.7 Å². The van der Waals surface area contributed by atoms with Gasteiger partial charge in [-0.25, -0.2) is 13.1 Å². The van der Waals surface area contributed by atoms with Crippen molar-refractivity contribution < 1.29 is 8.42 Å². The minimum absolute atomic E-state index is 0.0473. The molecule has 5 heteroatoms. The van der Waals surface area contributed by atoms with E-state index in [0.717, 1.165) is 24.8 Å². The van der Waals surface area contributed by atoms with Crippen LogP contribution in [0.5, 0.6) is 0 Å². The Bertz CT molecular complexity index is 581. The lowest BCUT2D eigenvalue weighted by atomic mass is 10.1. The third-order valence-electron chi connectivity index (χ3n) is 4.00. The van der Waals surface area contributed by atoms with E-state index in [0.29, 0.717) is 22.1 Å². The number of nitrogen functional groups attached to an aromatic ring is 1. The summed E-state index contributed by atoms with van der Waals surface area (Å²) in [5.74, 6) is 0.400. The normalized spacial score (nSPS) is 23.7. The average molecular weight is 282 g/mol. The molecule has 2 atom stereocenters.